The largest absolute Gasteiger partial charge is 0.174 e. The van der Waals surface area contributed by atoms with E-state index < -0.39 is 0 Å². The van der Waals surface area contributed by atoms with Crippen molar-refractivity contribution in [3.05, 3.63) is 34.3 Å². The fraction of sp³-hybridized carbons (Fsp3) is 0.250. The van der Waals surface area contributed by atoms with Crippen molar-refractivity contribution >= 4 is 24.2 Å². The SMILES string of the molecule is Cc1cccc(Cl)c1CS. The molecule has 0 amide bonds. The highest BCUT2D eigenvalue weighted by Gasteiger charge is 1.98. The normalized spacial score (nSPS) is 9.90. The summed E-state index contributed by atoms with van der Waals surface area (Å²) in [6.07, 6.45) is 0. The summed E-state index contributed by atoms with van der Waals surface area (Å²) >= 11 is 10.0. The number of benzene rings is 1. The molecule has 0 aliphatic rings. The number of halogens is 1. The molecule has 0 atom stereocenters. The Morgan fingerprint density at radius 3 is 2.60 bits per heavy atom. The minimum atomic E-state index is 0.714. The van der Waals surface area contributed by atoms with E-state index in [4.69, 9.17) is 11.6 Å². The summed E-state index contributed by atoms with van der Waals surface area (Å²) in [6.45, 7) is 2.04. The molecule has 0 nitrogen and oxygen atoms in total. The summed E-state index contributed by atoms with van der Waals surface area (Å²) in [5.41, 5.74) is 2.34. The van der Waals surface area contributed by atoms with Crippen LogP contribution in [0.4, 0.5) is 0 Å². The third-order valence-electron chi connectivity index (χ3n) is 1.51. The van der Waals surface area contributed by atoms with Crippen LogP contribution in [0.25, 0.3) is 0 Å². The van der Waals surface area contributed by atoms with E-state index in [2.05, 4.69) is 12.6 Å². The first kappa shape index (κ1) is 7.96. The van der Waals surface area contributed by atoms with E-state index in [1.54, 1.807) is 0 Å². The van der Waals surface area contributed by atoms with Gasteiger partial charge in [0.2, 0.25) is 0 Å². The van der Waals surface area contributed by atoms with E-state index in [1.807, 2.05) is 25.1 Å². The summed E-state index contributed by atoms with van der Waals surface area (Å²) in [4.78, 5) is 0. The molecule has 0 spiro atoms. The Balaban J connectivity index is 3.17. The average Bonchev–Trinajstić information content (AvgIpc) is 1.88. The standard InChI is InChI=1S/C8H9ClS/c1-6-3-2-4-8(9)7(6)5-10/h2-4,10H,5H2,1H3. The number of rotatable bonds is 1. The van der Waals surface area contributed by atoms with Crippen LogP contribution >= 0.6 is 24.2 Å². The maximum atomic E-state index is 5.88. The Labute approximate surface area is 71.6 Å². The molecule has 54 valence electrons. The summed E-state index contributed by atoms with van der Waals surface area (Å²) in [6, 6.07) is 5.88. The minimum absolute atomic E-state index is 0.714. The lowest BCUT2D eigenvalue weighted by molar-refractivity contribution is 1.32. The Morgan fingerprint density at radius 2 is 2.20 bits per heavy atom. The van der Waals surface area contributed by atoms with Crippen molar-refractivity contribution in [2.75, 3.05) is 0 Å². The van der Waals surface area contributed by atoms with E-state index in [0.29, 0.717) is 5.75 Å². The summed E-state index contributed by atoms with van der Waals surface area (Å²) in [5, 5.41) is 0.815. The van der Waals surface area contributed by atoms with E-state index >= 15 is 0 Å². The van der Waals surface area contributed by atoms with Gasteiger partial charge >= 0.3 is 0 Å². The fourth-order valence-corrected chi connectivity index (χ4v) is 1.67. The number of aryl methyl sites for hydroxylation is 1. The molecule has 10 heavy (non-hydrogen) atoms. The molecule has 2 heteroatoms. The molecule has 0 unspecified atom stereocenters. The molecule has 0 radical (unpaired) electrons. The molecule has 1 aromatic carbocycles. The van der Waals surface area contributed by atoms with Crippen LogP contribution < -0.4 is 0 Å². The van der Waals surface area contributed by atoms with Crippen molar-refractivity contribution in [3.63, 3.8) is 0 Å². The molecule has 0 fully saturated rings. The van der Waals surface area contributed by atoms with Crippen LogP contribution in [0.5, 0.6) is 0 Å². The quantitative estimate of drug-likeness (QED) is 0.619. The van der Waals surface area contributed by atoms with Gasteiger partial charge in [0.05, 0.1) is 0 Å². The van der Waals surface area contributed by atoms with Gasteiger partial charge in [-0.1, -0.05) is 23.7 Å². The molecule has 1 aromatic rings. The van der Waals surface area contributed by atoms with Crippen LogP contribution in [0.15, 0.2) is 18.2 Å². The molecule has 1 rings (SSSR count). The van der Waals surface area contributed by atoms with Gasteiger partial charge < -0.3 is 0 Å². The van der Waals surface area contributed by atoms with Gasteiger partial charge in [0.1, 0.15) is 0 Å². The van der Waals surface area contributed by atoms with Crippen molar-refractivity contribution in [2.24, 2.45) is 0 Å². The first-order valence-electron chi connectivity index (χ1n) is 3.10. The van der Waals surface area contributed by atoms with Crippen molar-refractivity contribution in [2.45, 2.75) is 12.7 Å². The van der Waals surface area contributed by atoms with Gasteiger partial charge in [-0.3, -0.25) is 0 Å². The zero-order chi connectivity index (χ0) is 7.56. The predicted molar refractivity (Wildman–Crippen MR) is 48.9 cm³/mol. The topological polar surface area (TPSA) is 0 Å². The molecule has 0 aliphatic carbocycles. The lowest BCUT2D eigenvalue weighted by Crippen LogP contribution is -1.84. The predicted octanol–water partition coefficient (Wildman–Crippen LogP) is 3.08. The summed E-state index contributed by atoms with van der Waals surface area (Å²) < 4.78 is 0. The van der Waals surface area contributed by atoms with Crippen molar-refractivity contribution < 1.29 is 0 Å². The molecular formula is C8H9ClS. The highest BCUT2D eigenvalue weighted by Crippen LogP contribution is 2.20. The van der Waals surface area contributed by atoms with E-state index in [0.717, 1.165) is 10.6 Å². The van der Waals surface area contributed by atoms with Gasteiger partial charge in [0.25, 0.3) is 0 Å². The first-order chi connectivity index (χ1) is 4.75. The van der Waals surface area contributed by atoms with Crippen LogP contribution in [0, 0.1) is 6.92 Å². The zero-order valence-corrected chi connectivity index (χ0v) is 7.41. The Kier molecular flexibility index (Phi) is 2.64. The molecule has 0 aliphatic heterocycles. The van der Waals surface area contributed by atoms with Gasteiger partial charge in [0.15, 0.2) is 0 Å². The first-order valence-corrected chi connectivity index (χ1v) is 4.11. The zero-order valence-electron chi connectivity index (χ0n) is 5.76. The molecule has 0 bridgehead atoms. The van der Waals surface area contributed by atoms with Crippen molar-refractivity contribution in [3.8, 4) is 0 Å². The maximum absolute atomic E-state index is 5.88. The maximum Gasteiger partial charge on any atom is 0.0448 e. The summed E-state index contributed by atoms with van der Waals surface area (Å²) in [7, 11) is 0. The van der Waals surface area contributed by atoms with E-state index in [9.17, 15) is 0 Å². The van der Waals surface area contributed by atoms with Crippen LogP contribution in [-0.2, 0) is 5.75 Å². The monoisotopic (exact) mass is 172 g/mol. The molecule has 0 saturated heterocycles. The van der Waals surface area contributed by atoms with E-state index in [-0.39, 0.29) is 0 Å². The van der Waals surface area contributed by atoms with E-state index in [1.165, 1.54) is 5.56 Å². The second kappa shape index (κ2) is 3.31. The summed E-state index contributed by atoms with van der Waals surface area (Å²) in [5.74, 6) is 0.714. The number of hydrogen-bond acceptors (Lipinski definition) is 1. The van der Waals surface area contributed by atoms with Crippen LogP contribution in [-0.4, -0.2) is 0 Å². The molecular weight excluding hydrogens is 164 g/mol. The van der Waals surface area contributed by atoms with Crippen molar-refractivity contribution in [1.82, 2.24) is 0 Å². The van der Waals surface area contributed by atoms with Gasteiger partial charge in [0, 0.05) is 10.8 Å². The van der Waals surface area contributed by atoms with Gasteiger partial charge in [-0.25, -0.2) is 0 Å². The van der Waals surface area contributed by atoms with Gasteiger partial charge in [-0.15, -0.1) is 0 Å². The van der Waals surface area contributed by atoms with Crippen LogP contribution in [0.3, 0.4) is 0 Å². The average molecular weight is 173 g/mol. The number of thiol groups is 1. The smallest absolute Gasteiger partial charge is 0.0448 e. The lowest BCUT2D eigenvalue weighted by Gasteiger charge is -2.02. The lowest BCUT2D eigenvalue weighted by atomic mass is 10.1. The van der Waals surface area contributed by atoms with Crippen LogP contribution in [0.2, 0.25) is 5.02 Å². The second-order valence-corrected chi connectivity index (χ2v) is 2.92. The third kappa shape index (κ3) is 1.47. The second-order valence-electron chi connectivity index (χ2n) is 2.19. The highest BCUT2D eigenvalue weighted by atomic mass is 35.5. The molecule has 0 heterocycles. The fourth-order valence-electron chi connectivity index (χ4n) is 0.867. The van der Waals surface area contributed by atoms with Crippen LogP contribution in [0.1, 0.15) is 11.1 Å². The van der Waals surface area contributed by atoms with Crippen molar-refractivity contribution in [1.29, 1.82) is 0 Å². The molecule has 0 N–H and O–H groups in total. The number of hydrogen-bond donors (Lipinski definition) is 1. The highest BCUT2D eigenvalue weighted by molar-refractivity contribution is 7.79. The third-order valence-corrected chi connectivity index (χ3v) is 2.18. The molecule has 0 aromatic heterocycles. The minimum Gasteiger partial charge on any atom is -0.174 e. The molecule has 0 saturated carbocycles. The van der Waals surface area contributed by atoms with Gasteiger partial charge in [-0.05, 0) is 24.1 Å². The Bertz CT molecular complexity index is 212. The van der Waals surface area contributed by atoms with Gasteiger partial charge in [-0.2, -0.15) is 12.6 Å². The Morgan fingerprint density at radius 1 is 1.50 bits per heavy atom. The Hall–Kier alpha value is -0.140.